The minimum Gasteiger partial charge on any atom is -0.493 e. The summed E-state index contributed by atoms with van der Waals surface area (Å²) in [6.07, 6.45) is 1.04. The zero-order valence-electron chi connectivity index (χ0n) is 22.8. The van der Waals surface area contributed by atoms with Crippen molar-refractivity contribution in [1.29, 1.82) is 0 Å². The minimum absolute atomic E-state index is 0.0330. The normalized spacial score (nSPS) is 15.9. The van der Waals surface area contributed by atoms with E-state index in [4.69, 9.17) is 18.6 Å². The van der Waals surface area contributed by atoms with Crippen molar-refractivity contribution in [3.8, 4) is 11.5 Å². The zero-order chi connectivity index (χ0) is 27.2. The third-order valence-electron chi connectivity index (χ3n) is 6.14. The van der Waals surface area contributed by atoms with Gasteiger partial charge in [-0.1, -0.05) is 51.1 Å². The third-order valence-corrected chi connectivity index (χ3v) is 7.38. The number of carbonyl (C=O) groups is 2. The predicted molar refractivity (Wildman–Crippen MR) is 144 cm³/mol. The molecule has 0 aromatic heterocycles. The summed E-state index contributed by atoms with van der Waals surface area (Å²) in [7, 11) is 3.31. The van der Waals surface area contributed by atoms with Crippen LogP contribution in [-0.4, -0.2) is 59.1 Å². The summed E-state index contributed by atoms with van der Waals surface area (Å²) >= 11 is 0. The van der Waals surface area contributed by atoms with Crippen LogP contribution >= 0.6 is 0 Å². The van der Waals surface area contributed by atoms with E-state index < -0.39 is 11.7 Å². The summed E-state index contributed by atoms with van der Waals surface area (Å²) in [5.41, 5.74) is 0.924. The second kappa shape index (κ2) is 12.0. The number of nitrogens with zero attached hydrogens (tertiary/aromatic N) is 1. The number of rotatable bonds is 9. The summed E-state index contributed by atoms with van der Waals surface area (Å²) in [5.74, 6) is 0.581. The Morgan fingerprint density at radius 1 is 1.03 bits per heavy atom. The molecule has 0 aliphatic carbocycles. The van der Waals surface area contributed by atoms with Crippen LogP contribution in [0.3, 0.4) is 0 Å². The molecule has 9 heteroatoms. The molecular weight excluding hydrogens is 488 g/mol. The van der Waals surface area contributed by atoms with Gasteiger partial charge in [-0.15, -0.1) is 0 Å². The molecule has 2 radical (unpaired) electrons. The lowest BCUT2D eigenvalue weighted by molar-refractivity contribution is 0.0179. The molecule has 8 nitrogen and oxygen atoms in total. The molecular formula is C28H38N2O6Si. The maximum Gasteiger partial charge on any atom is 0.411 e. The van der Waals surface area contributed by atoms with Crippen LogP contribution in [0.4, 0.5) is 10.5 Å². The fraction of sp³-hybridized carbons (Fsp3) is 0.500. The van der Waals surface area contributed by atoms with E-state index in [1.807, 2.05) is 49.1 Å². The Morgan fingerprint density at radius 3 is 2.30 bits per heavy atom. The zero-order valence-corrected chi connectivity index (χ0v) is 23.8. The number of benzene rings is 2. The molecule has 1 unspecified atom stereocenters. The summed E-state index contributed by atoms with van der Waals surface area (Å²) in [6, 6.07) is 12.5. The van der Waals surface area contributed by atoms with Gasteiger partial charge in [0.15, 0.2) is 11.5 Å². The Bertz CT molecular complexity index is 1080. The quantitative estimate of drug-likeness (QED) is 0.423. The van der Waals surface area contributed by atoms with Gasteiger partial charge in [0.05, 0.1) is 37.1 Å². The van der Waals surface area contributed by atoms with Gasteiger partial charge in [0.1, 0.15) is 6.61 Å². The van der Waals surface area contributed by atoms with Crippen molar-refractivity contribution in [2.24, 2.45) is 0 Å². The first-order chi connectivity index (χ1) is 17.4. The van der Waals surface area contributed by atoms with Crippen molar-refractivity contribution in [2.75, 3.05) is 26.1 Å². The van der Waals surface area contributed by atoms with Crippen LogP contribution in [0.25, 0.3) is 0 Å². The molecule has 1 saturated heterocycles. The maximum atomic E-state index is 13.9. The minimum atomic E-state index is -0.668. The molecule has 1 N–H and O–H groups in total. The van der Waals surface area contributed by atoms with E-state index >= 15 is 0 Å². The number of methoxy groups -OCH3 is 2. The van der Waals surface area contributed by atoms with Crippen molar-refractivity contribution in [2.45, 2.75) is 70.7 Å². The number of likely N-dealkylation sites (tertiary alicyclic amines) is 1. The maximum absolute atomic E-state index is 13.9. The number of amides is 2. The van der Waals surface area contributed by atoms with Crippen LogP contribution in [0.2, 0.25) is 5.04 Å². The lowest BCUT2D eigenvalue weighted by Gasteiger charge is -2.39. The fourth-order valence-electron chi connectivity index (χ4n) is 4.27. The average molecular weight is 527 g/mol. The number of hydrogen-bond acceptors (Lipinski definition) is 6. The van der Waals surface area contributed by atoms with E-state index in [0.29, 0.717) is 39.1 Å². The Hall–Kier alpha value is -3.04. The predicted octanol–water partition coefficient (Wildman–Crippen LogP) is 5.69. The highest BCUT2D eigenvalue weighted by Crippen LogP contribution is 2.37. The number of anilines is 1. The van der Waals surface area contributed by atoms with E-state index in [0.717, 1.165) is 18.4 Å². The molecule has 1 heterocycles. The van der Waals surface area contributed by atoms with Crippen LogP contribution in [0.15, 0.2) is 42.5 Å². The molecule has 2 amide bonds. The van der Waals surface area contributed by atoms with Crippen LogP contribution in [0, 0.1) is 0 Å². The molecule has 1 aliphatic rings. The van der Waals surface area contributed by atoms with Crippen molar-refractivity contribution in [3.63, 3.8) is 0 Å². The third kappa shape index (κ3) is 7.49. The molecule has 200 valence electrons. The molecule has 1 atom stereocenters. The van der Waals surface area contributed by atoms with Crippen molar-refractivity contribution >= 4 is 27.5 Å². The monoisotopic (exact) mass is 526 g/mol. The van der Waals surface area contributed by atoms with Gasteiger partial charge in [0, 0.05) is 12.6 Å². The molecule has 2 aromatic rings. The molecule has 0 saturated carbocycles. The van der Waals surface area contributed by atoms with E-state index in [9.17, 15) is 9.59 Å². The van der Waals surface area contributed by atoms with E-state index in [1.165, 1.54) is 14.2 Å². The van der Waals surface area contributed by atoms with E-state index in [-0.39, 0.29) is 23.6 Å². The highest BCUT2D eigenvalue weighted by atomic mass is 28.2. The first-order valence-electron chi connectivity index (χ1n) is 12.4. The van der Waals surface area contributed by atoms with Crippen LogP contribution in [0.5, 0.6) is 11.5 Å². The molecule has 1 aliphatic heterocycles. The lowest BCUT2D eigenvalue weighted by Crippen LogP contribution is -2.51. The van der Waals surface area contributed by atoms with Crippen molar-refractivity contribution in [3.05, 3.63) is 53.6 Å². The highest BCUT2D eigenvalue weighted by Gasteiger charge is 2.42. The number of hydrogen-bond donors (Lipinski definition) is 1. The molecule has 0 bridgehead atoms. The first kappa shape index (κ1) is 28.5. The molecule has 37 heavy (non-hydrogen) atoms. The SMILES string of the molecule is COc1cc(NC(=O)OCc2ccccc2)c(C(=O)N2CCCC2C(C)(C)O[Si]C(C)(C)C)cc1OC. The number of carbonyl (C=O) groups excluding carboxylic acids is 2. The van der Waals surface area contributed by atoms with Crippen LogP contribution < -0.4 is 14.8 Å². The van der Waals surface area contributed by atoms with Gasteiger partial charge < -0.3 is 23.5 Å². The average Bonchev–Trinajstić information content (AvgIpc) is 3.37. The Morgan fingerprint density at radius 2 is 1.68 bits per heavy atom. The van der Waals surface area contributed by atoms with Crippen molar-refractivity contribution < 1.29 is 28.2 Å². The topological polar surface area (TPSA) is 86.3 Å². The Labute approximate surface area is 222 Å². The lowest BCUT2D eigenvalue weighted by atomic mass is 9.96. The molecule has 2 aromatic carbocycles. The summed E-state index contributed by atoms with van der Waals surface area (Å²) in [6.45, 7) is 11.2. The standard InChI is InChI=1S/C28H38N2O6Si/c1-27(2,3)37-36-28(4,5)24-14-11-15-30(24)25(31)20-16-22(33-6)23(34-7)17-21(20)29-26(32)35-18-19-12-9-8-10-13-19/h8-10,12-13,16-17,24H,11,14-15,18H2,1-7H3,(H,29,32). The number of ether oxygens (including phenoxy) is 3. The number of nitrogens with one attached hydrogen (secondary N) is 1. The Balaban J connectivity index is 1.86. The van der Waals surface area contributed by atoms with Gasteiger partial charge in [-0.25, -0.2) is 4.79 Å². The van der Waals surface area contributed by atoms with Gasteiger partial charge in [0.25, 0.3) is 5.91 Å². The Kier molecular flexibility index (Phi) is 9.25. The molecule has 3 rings (SSSR count). The second-order valence-corrected chi connectivity index (χ2v) is 12.6. The summed E-state index contributed by atoms with van der Waals surface area (Å²) in [4.78, 5) is 28.5. The smallest absolute Gasteiger partial charge is 0.411 e. The van der Waals surface area contributed by atoms with Gasteiger partial charge in [-0.05, 0) is 43.4 Å². The van der Waals surface area contributed by atoms with Gasteiger partial charge in [0.2, 0.25) is 9.76 Å². The summed E-state index contributed by atoms with van der Waals surface area (Å²) in [5, 5.41) is 2.77. The molecule has 0 spiro atoms. The van der Waals surface area contributed by atoms with Crippen molar-refractivity contribution in [1.82, 2.24) is 4.90 Å². The fourth-order valence-corrected chi connectivity index (χ4v) is 4.97. The first-order valence-corrected chi connectivity index (χ1v) is 13.4. The van der Waals surface area contributed by atoms with Gasteiger partial charge in [-0.2, -0.15) is 0 Å². The second-order valence-electron chi connectivity index (χ2n) is 10.7. The van der Waals surface area contributed by atoms with E-state index in [1.54, 1.807) is 12.1 Å². The van der Waals surface area contributed by atoms with Crippen LogP contribution in [0.1, 0.15) is 63.4 Å². The highest BCUT2D eigenvalue weighted by molar-refractivity contribution is 6.31. The molecule has 1 fully saturated rings. The van der Waals surface area contributed by atoms with Gasteiger partial charge in [-0.3, -0.25) is 10.1 Å². The largest absolute Gasteiger partial charge is 0.493 e. The summed E-state index contributed by atoms with van der Waals surface area (Å²) < 4.78 is 22.6. The van der Waals surface area contributed by atoms with Crippen LogP contribution in [-0.2, 0) is 15.8 Å². The van der Waals surface area contributed by atoms with Gasteiger partial charge >= 0.3 is 6.09 Å². The van der Waals surface area contributed by atoms with E-state index in [2.05, 4.69) is 26.1 Å².